The number of benzene rings is 1. The molecule has 1 heterocycles. The summed E-state index contributed by atoms with van der Waals surface area (Å²) in [5.41, 5.74) is 6.68. The second-order valence-electron chi connectivity index (χ2n) is 5.05. The van der Waals surface area contributed by atoms with E-state index < -0.39 is 0 Å². The van der Waals surface area contributed by atoms with E-state index in [1.165, 1.54) is 12.1 Å². The predicted octanol–water partition coefficient (Wildman–Crippen LogP) is 3.22. The number of rotatable bonds is 7. The van der Waals surface area contributed by atoms with Gasteiger partial charge in [0.25, 0.3) is 0 Å². The third kappa shape index (κ3) is 5.94. The summed E-state index contributed by atoms with van der Waals surface area (Å²) in [5.74, 6) is 0.892. The molecule has 1 aromatic heterocycles. The smallest absolute Gasteiger partial charge is 0.219 e. The number of hydrogen-bond donors (Lipinski definition) is 2. The fourth-order valence-electron chi connectivity index (χ4n) is 1.84. The number of nitrogens with one attached hydrogen (secondary N) is 1. The molecule has 0 radical (unpaired) electrons. The van der Waals surface area contributed by atoms with Crippen molar-refractivity contribution in [1.82, 2.24) is 10.3 Å². The summed E-state index contributed by atoms with van der Waals surface area (Å²) >= 11 is 0. The molecule has 23 heavy (non-hydrogen) atoms. The quantitative estimate of drug-likeness (QED) is 0.467. The molecular weight excluding hydrogens is 295 g/mol. The molecule has 0 saturated carbocycles. The minimum atomic E-state index is -0.348. The maximum Gasteiger partial charge on any atom is 0.219 e. The fourth-order valence-corrected chi connectivity index (χ4v) is 1.84. The molecular formula is C17H21FN4O. The van der Waals surface area contributed by atoms with Gasteiger partial charge in [0.2, 0.25) is 5.88 Å². The highest BCUT2D eigenvalue weighted by molar-refractivity contribution is 5.77. The van der Waals surface area contributed by atoms with Crippen LogP contribution in [0.3, 0.4) is 0 Å². The lowest BCUT2D eigenvalue weighted by atomic mass is 10.3. The monoisotopic (exact) mass is 316 g/mol. The minimum absolute atomic E-state index is 0.348. The Bertz CT molecular complexity index is 643. The lowest BCUT2D eigenvalue weighted by Gasteiger charge is -2.06. The van der Waals surface area contributed by atoms with Crippen molar-refractivity contribution in [2.75, 3.05) is 6.54 Å². The molecule has 0 fully saturated rings. The number of nitrogens with zero attached hydrogens (tertiary/aromatic N) is 2. The first-order valence-electron chi connectivity index (χ1n) is 7.59. The first-order valence-corrected chi connectivity index (χ1v) is 7.59. The summed E-state index contributed by atoms with van der Waals surface area (Å²) in [7, 11) is 0. The third-order valence-electron chi connectivity index (χ3n) is 3.08. The van der Waals surface area contributed by atoms with Gasteiger partial charge >= 0.3 is 0 Å². The summed E-state index contributed by atoms with van der Waals surface area (Å²) in [6.45, 7) is 3.39. The average molecular weight is 316 g/mol. The molecule has 0 unspecified atom stereocenters. The van der Waals surface area contributed by atoms with Crippen LogP contribution in [0.2, 0.25) is 0 Å². The lowest BCUT2D eigenvalue weighted by molar-refractivity contribution is 0.457. The zero-order chi connectivity index (χ0) is 16.5. The summed E-state index contributed by atoms with van der Waals surface area (Å²) in [5, 5.41) is 3.05. The van der Waals surface area contributed by atoms with Crippen LogP contribution in [-0.2, 0) is 6.54 Å². The Morgan fingerprint density at radius 2 is 2.22 bits per heavy atom. The Kier molecular flexibility index (Phi) is 6.35. The summed E-state index contributed by atoms with van der Waals surface area (Å²) in [6, 6.07) is 9.50. The van der Waals surface area contributed by atoms with Crippen LogP contribution in [0.4, 0.5) is 4.39 Å². The van der Waals surface area contributed by atoms with E-state index >= 15 is 0 Å². The summed E-state index contributed by atoms with van der Waals surface area (Å²) < 4.78 is 18.6. The van der Waals surface area contributed by atoms with Crippen molar-refractivity contribution in [2.45, 2.75) is 26.3 Å². The number of ether oxygens (including phenoxy) is 1. The van der Waals surface area contributed by atoms with Gasteiger partial charge in [-0.2, -0.15) is 0 Å². The Balaban J connectivity index is 1.88. The van der Waals surface area contributed by atoms with Crippen molar-refractivity contribution in [3.63, 3.8) is 0 Å². The van der Waals surface area contributed by atoms with E-state index in [0.717, 1.165) is 24.9 Å². The van der Waals surface area contributed by atoms with Crippen molar-refractivity contribution in [1.29, 1.82) is 0 Å². The molecule has 0 aliphatic rings. The van der Waals surface area contributed by atoms with Gasteiger partial charge in [0.15, 0.2) is 5.96 Å². The van der Waals surface area contributed by atoms with Crippen LogP contribution >= 0.6 is 0 Å². The van der Waals surface area contributed by atoms with Gasteiger partial charge < -0.3 is 15.8 Å². The number of unbranched alkanes of at least 4 members (excludes halogenated alkanes) is 1. The molecule has 2 rings (SSSR count). The molecule has 0 spiro atoms. The standard InChI is InChI=1S/C17H21FN4O/c1-2-3-9-20-17(19)22-12-13-7-8-16(21-11-13)23-15-6-4-5-14(18)10-15/h4-8,10-11H,2-3,9,12H2,1H3,(H3,19,20,22). The summed E-state index contributed by atoms with van der Waals surface area (Å²) in [4.78, 5) is 8.43. The number of guanidine groups is 1. The van der Waals surface area contributed by atoms with E-state index in [-0.39, 0.29) is 5.82 Å². The number of nitrogens with two attached hydrogens (primary N) is 1. The van der Waals surface area contributed by atoms with E-state index in [1.54, 1.807) is 24.4 Å². The highest BCUT2D eigenvalue weighted by atomic mass is 19.1. The van der Waals surface area contributed by atoms with Crippen molar-refractivity contribution >= 4 is 5.96 Å². The van der Waals surface area contributed by atoms with Crippen LogP contribution in [0, 0.1) is 5.82 Å². The Morgan fingerprint density at radius 3 is 2.91 bits per heavy atom. The maximum atomic E-state index is 13.1. The van der Waals surface area contributed by atoms with Crippen LogP contribution in [-0.4, -0.2) is 17.5 Å². The van der Waals surface area contributed by atoms with Gasteiger partial charge in [-0.15, -0.1) is 0 Å². The molecule has 122 valence electrons. The lowest BCUT2D eigenvalue weighted by Crippen LogP contribution is -2.32. The fraction of sp³-hybridized carbons (Fsp3) is 0.294. The van der Waals surface area contributed by atoms with E-state index in [9.17, 15) is 4.39 Å². The largest absolute Gasteiger partial charge is 0.439 e. The van der Waals surface area contributed by atoms with Crippen molar-refractivity contribution < 1.29 is 9.13 Å². The maximum absolute atomic E-state index is 13.1. The topological polar surface area (TPSA) is 72.5 Å². The van der Waals surface area contributed by atoms with Crippen molar-refractivity contribution in [3.05, 3.63) is 54.0 Å². The van der Waals surface area contributed by atoms with E-state index in [4.69, 9.17) is 10.5 Å². The number of aromatic nitrogens is 1. The van der Waals surface area contributed by atoms with E-state index in [2.05, 4.69) is 22.2 Å². The third-order valence-corrected chi connectivity index (χ3v) is 3.08. The van der Waals surface area contributed by atoms with Gasteiger partial charge in [0.05, 0.1) is 6.54 Å². The minimum Gasteiger partial charge on any atom is -0.439 e. The van der Waals surface area contributed by atoms with E-state index in [1.807, 2.05) is 6.07 Å². The zero-order valence-corrected chi connectivity index (χ0v) is 13.1. The van der Waals surface area contributed by atoms with Crippen molar-refractivity contribution in [3.8, 4) is 11.6 Å². The molecule has 5 nitrogen and oxygen atoms in total. The van der Waals surface area contributed by atoms with Crippen LogP contribution in [0.5, 0.6) is 11.6 Å². The number of halogens is 1. The predicted molar refractivity (Wildman–Crippen MR) is 88.9 cm³/mol. The van der Waals surface area contributed by atoms with Gasteiger partial charge in [-0.25, -0.2) is 14.4 Å². The van der Waals surface area contributed by atoms with Crippen molar-refractivity contribution in [2.24, 2.45) is 10.7 Å². The zero-order valence-electron chi connectivity index (χ0n) is 13.1. The highest BCUT2D eigenvalue weighted by Gasteiger charge is 2.01. The van der Waals surface area contributed by atoms with Crippen LogP contribution in [0.1, 0.15) is 25.3 Å². The summed E-state index contributed by atoms with van der Waals surface area (Å²) in [6.07, 6.45) is 3.83. The molecule has 0 amide bonds. The number of pyridine rings is 1. The normalized spacial score (nSPS) is 11.3. The molecule has 0 saturated heterocycles. The van der Waals surface area contributed by atoms with Gasteiger partial charge in [0.1, 0.15) is 11.6 Å². The number of aliphatic imine (C=N–C) groups is 1. The molecule has 0 aliphatic carbocycles. The first kappa shape index (κ1) is 16.7. The molecule has 3 N–H and O–H groups in total. The van der Waals surface area contributed by atoms with Crippen LogP contribution < -0.4 is 15.8 Å². The van der Waals surface area contributed by atoms with Crippen LogP contribution in [0.15, 0.2) is 47.6 Å². The highest BCUT2D eigenvalue weighted by Crippen LogP contribution is 2.20. The number of hydrogen-bond acceptors (Lipinski definition) is 3. The van der Waals surface area contributed by atoms with Crippen LogP contribution in [0.25, 0.3) is 0 Å². The molecule has 6 heteroatoms. The molecule has 0 aliphatic heterocycles. The van der Waals surface area contributed by atoms with Gasteiger partial charge in [0, 0.05) is 24.9 Å². The second-order valence-corrected chi connectivity index (χ2v) is 5.05. The van der Waals surface area contributed by atoms with E-state index in [0.29, 0.717) is 24.1 Å². The molecule has 0 bridgehead atoms. The van der Waals surface area contributed by atoms with Gasteiger partial charge in [-0.05, 0) is 24.1 Å². The molecule has 1 aromatic carbocycles. The SMILES string of the molecule is CCCCNC(N)=NCc1ccc(Oc2cccc(F)c2)nc1. The average Bonchev–Trinajstić information content (AvgIpc) is 2.54. The first-order chi connectivity index (χ1) is 11.2. The van der Waals surface area contributed by atoms with Gasteiger partial charge in [-0.1, -0.05) is 25.5 Å². The second kappa shape index (κ2) is 8.73. The Labute approximate surface area is 135 Å². The van der Waals surface area contributed by atoms with Gasteiger partial charge in [-0.3, -0.25) is 0 Å². The Hall–Kier alpha value is -2.63. The molecule has 0 atom stereocenters. The Morgan fingerprint density at radius 1 is 1.35 bits per heavy atom. The molecule has 2 aromatic rings.